The average molecular weight is 399 g/mol. The first-order chi connectivity index (χ1) is 13.9. The molecule has 2 aromatic rings. The van der Waals surface area contributed by atoms with Crippen LogP contribution in [-0.2, 0) is 6.42 Å². The third-order valence-electron chi connectivity index (χ3n) is 6.20. The lowest BCUT2D eigenvalue weighted by Gasteiger charge is -2.36. The molecule has 1 saturated heterocycles. The number of phenols is 2. The lowest BCUT2D eigenvalue weighted by molar-refractivity contribution is -0.386. The summed E-state index contributed by atoms with van der Waals surface area (Å²) in [5.41, 5.74) is 2.96. The van der Waals surface area contributed by atoms with Crippen LogP contribution in [0, 0.1) is 23.0 Å². The van der Waals surface area contributed by atoms with Gasteiger partial charge in [0.2, 0.25) is 5.75 Å². The van der Waals surface area contributed by atoms with Crippen molar-refractivity contribution >= 4 is 5.69 Å². The van der Waals surface area contributed by atoms with Gasteiger partial charge >= 0.3 is 5.69 Å². The van der Waals surface area contributed by atoms with E-state index in [1.54, 1.807) is 0 Å². The number of piperidine rings is 1. The van der Waals surface area contributed by atoms with Crippen molar-refractivity contribution in [2.24, 2.45) is 5.92 Å². The molecule has 1 aliphatic heterocycles. The van der Waals surface area contributed by atoms with Gasteiger partial charge in [-0.15, -0.1) is 0 Å². The SMILES string of the molecule is CCC(c1cc(O)c(O)c([N+](=O)[O-])c1)C1CCN(CCc2ccc(C)cc2)CC1. The van der Waals surface area contributed by atoms with Crippen LogP contribution in [0.25, 0.3) is 0 Å². The number of nitrogens with zero attached hydrogens (tertiary/aromatic N) is 2. The van der Waals surface area contributed by atoms with Crippen molar-refractivity contribution in [2.45, 2.75) is 45.4 Å². The minimum Gasteiger partial charge on any atom is -0.504 e. The molecule has 0 amide bonds. The number of aromatic hydroxyl groups is 2. The minimum atomic E-state index is -0.653. The smallest absolute Gasteiger partial charge is 0.314 e. The largest absolute Gasteiger partial charge is 0.504 e. The molecule has 1 fully saturated rings. The zero-order valence-electron chi connectivity index (χ0n) is 17.2. The highest BCUT2D eigenvalue weighted by Crippen LogP contribution is 2.42. The van der Waals surface area contributed by atoms with Gasteiger partial charge in [0.15, 0.2) is 5.75 Å². The van der Waals surface area contributed by atoms with E-state index < -0.39 is 22.1 Å². The predicted octanol–water partition coefficient (Wildman–Crippen LogP) is 4.76. The number of likely N-dealkylation sites (tertiary alicyclic amines) is 1. The Morgan fingerprint density at radius 3 is 2.41 bits per heavy atom. The van der Waals surface area contributed by atoms with Crippen molar-refractivity contribution in [1.82, 2.24) is 4.90 Å². The summed E-state index contributed by atoms with van der Waals surface area (Å²) in [7, 11) is 0. The zero-order chi connectivity index (χ0) is 21.0. The molecule has 0 saturated carbocycles. The molecule has 2 N–H and O–H groups in total. The maximum absolute atomic E-state index is 11.2. The second-order valence-corrected chi connectivity index (χ2v) is 8.09. The molecular formula is C23H30N2O4. The minimum absolute atomic E-state index is 0.138. The summed E-state index contributed by atoms with van der Waals surface area (Å²) in [6.07, 6.45) is 3.94. The van der Waals surface area contributed by atoms with E-state index in [-0.39, 0.29) is 5.92 Å². The fourth-order valence-electron chi connectivity index (χ4n) is 4.44. The Kier molecular flexibility index (Phi) is 6.75. The van der Waals surface area contributed by atoms with Crippen LogP contribution in [0.3, 0.4) is 0 Å². The van der Waals surface area contributed by atoms with Crippen molar-refractivity contribution < 1.29 is 15.1 Å². The lowest BCUT2D eigenvalue weighted by atomic mass is 9.78. The van der Waals surface area contributed by atoms with Gasteiger partial charge in [-0.3, -0.25) is 10.1 Å². The molecule has 0 aliphatic carbocycles. The van der Waals surface area contributed by atoms with E-state index in [0.717, 1.165) is 50.9 Å². The third-order valence-corrected chi connectivity index (χ3v) is 6.20. The Hall–Kier alpha value is -2.60. The Labute approximate surface area is 171 Å². The summed E-state index contributed by atoms with van der Waals surface area (Å²) in [6.45, 7) is 7.24. The quantitative estimate of drug-likeness (QED) is 0.399. The summed E-state index contributed by atoms with van der Waals surface area (Å²) in [5.74, 6) is -0.513. The molecule has 0 aromatic heterocycles. The van der Waals surface area contributed by atoms with Gasteiger partial charge < -0.3 is 15.1 Å². The van der Waals surface area contributed by atoms with E-state index in [2.05, 4.69) is 43.0 Å². The van der Waals surface area contributed by atoms with Crippen LogP contribution in [0.15, 0.2) is 36.4 Å². The van der Waals surface area contributed by atoms with Crippen LogP contribution in [0.2, 0.25) is 0 Å². The van der Waals surface area contributed by atoms with Gasteiger partial charge in [0.25, 0.3) is 0 Å². The molecule has 1 heterocycles. The van der Waals surface area contributed by atoms with Gasteiger partial charge in [0.05, 0.1) is 4.92 Å². The zero-order valence-corrected chi connectivity index (χ0v) is 17.2. The van der Waals surface area contributed by atoms with Crippen LogP contribution in [0.5, 0.6) is 11.5 Å². The fraction of sp³-hybridized carbons (Fsp3) is 0.478. The van der Waals surface area contributed by atoms with Crippen LogP contribution in [0.4, 0.5) is 5.69 Å². The van der Waals surface area contributed by atoms with E-state index in [1.807, 2.05) is 0 Å². The molecule has 6 nitrogen and oxygen atoms in total. The molecule has 0 radical (unpaired) electrons. The van der Waals surface area contributed by atoms with E-state index >= 15 is 0 Å². The first-order valence-corrected chi connectivity index (χ1v) is 10.4. The third kappa shape index (κ3) is 5.07. The van der Waals surface area contributed by atoms with Crippen molar-refractivity contribution in [3.63, 3.8) is 0 Å². The van der Waals surface area contributed by atoms with E-state index in [1.165, 1.54) is 23.3 Å². The van der Waals surface area contributed by atoms with Gasteiger partial charge in [-0.25, -0.2) is 0 Å². The molecule has 3 rings (SSSR count). The van der Waals surface area contributed by atoms with Gasteiger partial charge in [-0.1, -0.05) is 36.8 Å². The van der Waals surface area contributed by atoms with E-state index in [9.17, 15) is 20.3 Å². The monoisotopic (exact) mass is 398 g/mol. The number of nitro groups is 1. The maximum atomic E-state index is 11.2. The van der Waals surface area contributed by atoms with Crippen molar-refractivity contribution in [3.8, 4) is 11.5 Å². The second-order valence-electron chi connectivity index (χ2n) is 8.09. The van der Waals surface area contributed by atoms with E-state index in [4.69, 9.17) is 0 Å². The predicted molar refractivity (Wildman–Crippen MR) is 114 cm³/mol. The summed E-state index contributed by atoms with van der Waals surface area (Å²) < 4.78 is 0. The molecule has 1 atom stereocenters. The molecule has 156 valence electrons. The number of rotatable bonds is 7. The fourth-order valence-corrected chi connectivity index (χ4v) is 4.44. The van der Waals surface area contributed by atoms with Crippen LogP contribution in [-0.4, -0.2) is 39.7 Å². The Bertz CT molecular complexity index is 843. The van der Waals surface area contributed by atoms with E-state index in [0.29, 0.717) is 5.92 Å². The summed E-state index contributed by atoms with van der Waals surface area (Å²) in [6, 6.07) is 11.6. The van der Waals surface area contributed by atoms with Crippen LogP contribution >= 0.6 is 0 Å². The van der Waals surface area contributed by atoms with Crippen molar-refractivity contribution in [2.75, 3.05) is 19.6 Å². The van der Waals surface area contributed by atoms with Crippen molar-refractivity contribution in [3.05, 3.63) is 63.2 Å². The molecule has 2 aromatic carbocycles. The van der Waals surface area contributed by atoms with Gasteiger partial charge in [-0.2, -0.15) is 0 Å². The number of benzene rings is 2. The van der Waals surface area contributed by atoms with Gasteiger partial charge in [0.1, 0.15) is 0 Å². The summed E-state index contributed by atoms with van der Waals surface area (Å²) >= 11 is 0. The van der Waals surface area contributed by atoms with Gasteiger partial charge in [0, 0.05) is 12.6 Å². The number of hydrogen-bond donors (Lipinski definition) is 2. The molecule has 1 unspecified atom stereocenters. The Morgan fingerprint density at radius 1 is 1.17 bits per heavy atom. The number of aryl methyl sites for hydroxylation is 1. The maximum Gasteiger partial charge on any atom is 0.314 e. The number of nitro benzene ring substituents is 1. The average Bonchev–Trinajstić information content (AvgIpc) is 2.71. The first-order valence-electron chi connectivity index (χ1n) is 10.4. The normalized spacial score (nSPS) is 16.6. The molecular weight excluding hydrogens is 368 g/mol. The second kappa shape index (κ2) is 9.27. The number of hydrogen-bond acceptors (Lipinski definition) is 5. The Balaban J connectivity index is 1.61. The van der Waals surface area contributed by atoms with Crippen LogP contribution < -0.4 is 0 Å². The summed E-state index contributed by atoms with van der Waals surface area (Å²) in [5, 5.41) is 30.9. The highest BCUT2D eigenvalue weighted by molar-refractivity contribution is 5.57. The standard InChI is InChI=1S/C23H30N2O4/c1-3-20(19-14-21(25(28)29)23(27)22(26)15-19)18-9-12-24(13-10-18)11-8-17-6-4-16(2)5-7-17/h4-7,14-15,18,20,26-27H,3,8-13H2,1-2H3. The van der Waals surface area contributed by atoms with Crippen LogP contribution in [0.1, 0.15) is 48.8 Å². The number of phenolic OH excluding ortho intramolecular Hbond substituents is 2. The summed E-state index contributed by atoms with van der Waals surface area (Å²) in [4.78, 5) is 13.0. The van der Waals surface area contributed by atoms with Gasteiger partial charge in [-0.05, 0) is 74.7 Å². The topological polar surface area (TPSA) is 86.8 Å². The molecule has 6 heteroatoms. The Morgan fingerprint density at radius 2 is 1.83 bits per heavy atom. The molecule has 29 heavy (non-hydrogen) atoms. The lowest BCUT2D eigenvalue weighted by Crippen LogP contribution is -2.36. The molecule has 0 spiro atoms. The van der Waals surface area contributed by atoms with Crippen molar-refractivity contribution in [1.29, 1.82) is 0 Å². The highest BCUT2D eigenvalue weighted by atomic mass is 16.6. The first kappa shape index (κ1) is 21.1. The highest BCUT2D eigenvalue weighted by Gasteiger charge is 2.29. The molecule has 1 aliphatic rings. The molecule has 0 bridgehead atoms.